The van der Waals surface area contributed by atoms with E-state index < -0.39 is 17.8 Å². The summed E-state index contributed by atoms with van der Waals surface area (Å²) in [4.78, 5) is 42.0. The fraction of sp³-hybridized carbons (Fsp3) is 0.370. The number of benzene rings is 2. The minimum Gasteiger partial charge on any atom is -0.366 e. The summed E-state index contributed by atoms with van der Waals surface area (Å²) in [6, 6.07) is 12.6. The monoisotopic (exact) mass is 445 g/mol. The highest BCUT2D eigenvalue weighted by Gasteiger charge is 2.38. The van der Waals surface area contributed by atoms with Gasteiger partial charge in [0.05, 0.1) is 5.69 Å². The van der Waals surface area contributed by atoms with Crippen molar-refractivity contribution in [3.63, 3.8) is 0 Å². The third kappa shape index (κ3) is 3.94. The molecule has 0 spiro atoms. The molecule has 6 nitrogen and oxygen atoms in total. The number of imide groups is 2. The summed E-state index contributed by atoms with van der Waals surface area (Å²) in [6.45, 7) is 11.8. The smallest absolute Gasteiger partial charge is 0.335 e. The zero-order chi connectivity index (χ0) is 23.9. The third-order valence-electron chi connectivity index (χ3n) is 6.75. The predicted molar refractivity (Wildman–Crippen MR) is 131 cm³/mol. The van der Waals surface area contributed by atoms with Gasteiger partial charge < -0.3 is 4.90 Å². The standard InChI is InChI=1S/C27H31N3O3/c1-6-19-10-8-9-11-22(19)30-25(32)21(24(31)28-26(30)33)15-18-12-13-23-20(14-18)17(3)16-27(4,5)29(23)7-2/h8-15,17H,6-7,16H2,1-5H3,(H,28,31,33)/b21-15+/t17-/m0/s1. The molecule has 6 heteroatoms. The number of carbonyl (C=O) groups excluding carboxylic acids is 3. The van der Waals surface area contributed by atoms with Crippen molar-refractivity contribution in [2.24, 2.45) is 0 Å². The van der Waals surface area contributed by atoms with Gasteiger partial charge in [-0.2, -0.15) is 0 Å². The van der Waals surface area contributed by atoms with Crippen LogP contribution in [0.25, 0.3) is 6.08 Å². The predicted octanol–water partition coefficient (Wildman–Crippen LogP) is 5.03. The van der Waals surface area contributed by atoms with Crippen LogP contribution in [0.5, 0.6) is 0 Å². The number of rotatable bonds is 4. The summed E-state index contributed by atoms with van der Waals surface area (Å²) >= 11 is 0. The molecule has 0 aromatic heterocycles. The summed E-state index contributed by atoms with van der Waals surface area (Å²) in [6.07, 6.45) is 3.27. The highest BCUT2D eigenvalue weighted by Crippen LogP contribution is 2.43. The molecule has 33 heavy (non-hydrogen) atoms. The third-order valence-corrected chi connectivity index (χ3v) is 6.75. The molecular weight excluding hydrogens is 414 g/mol. The van der Waals surface area contributed by atoms with Crippen molar-refractivity contribution >= 4 is 35.3 Å². The molecule has 0 bridgehead atoms. The van der Waals surface area contributed by atoms with Crippen molar-refractivity contribution < 1.29 is 14.4 Å². The van der Waals surface area contributed by atoms with Gasteiger partial charge in [-0.15, -0.1) is 0 Å². The fourth-order valence-corrected chi connectivity index (χ4v) is 5.27. The van der Waals surface area contributed by atoms with Crippen LogP contribution in [-0.4, -0.2) is 29.9 Å². The van der Waals surface area contributed by atoms with E-state index in [4.69, 9.17) is 0 Å². The number of fused-ring (bicyclic) bond motifs is 1. The van der Waals surface area contributed by atoms with Gasteiger partial charge in [0.1, 0.15) is 5.57 Å². The zero-order valence-corrected chi connectivity index (χ0v) is 19.9. The van der Waals surface area contributed by atoms with Crippen LogP contribution in [0.3, 0.4) is 0 Å². The maximum absolute atomic E-state index is 13.3. The van der Waals surface area contributed by atoms with Crippen molar-refractivity contribution in [2.75, 3.05) is 16.3 Å². The van der Waals surface area contributed by atoms with E-state index >= 15 is 0 Å². The Morgan fingerprint density at radius 3 is 2.48 bits per heavy atom. The Kier molecular flexibility index (Phi) is 5.87. The molecule has 1 fully saturated rings. The van der Waals surface area contributed by atoms with Gasteiger partial charge in [0.25, 0.3) is 11.8 Å². The van der Waals surface area contributed by atoms with Crippen LogP contribution < -0.4 is 15.1 Å². The number of anilines is 2. The average Bonchev–Trinajstić information content (AvgIpc) is 2.77. The number of aryl methyl sites for hydroxylation is 1. The number of barbiturate groups is 1. The molecule has 0 radical (unpaired) electrons. The van der Waals surface area contributed by atoms with Gasteiger partial charge in [-0.1, -0.05) is 38.1 Å². The minimum absolute atomic E-state index is 0.0448. The summed E-state index contributed by atoms with van der Waals surface area (Å²) < 4.78 is 0. The average molecular weight is 446 g/mol. The topological polar surface area (TPSA) is 69.7 Å². The van der Waals surface area contributed by atoms with Crippen molar-refractivity contribution in [3.05, 3.63) is 64.7 Å². The van der Waals surface area contributed by atoms with E-state index in [0.717, 1.165) is 29.0 Å². The van der Waals surface area contributed by atoms with Crippen LogP contribution in [0, 0.1) is 0 Å². The first-order valence-corrected chi connectivity index (χ1v) is 11.6. The van der Waals surface area contributed by atoms with Gasteiger partial charge in [-0.25, -0.2) is 9.69 Å². The number of hydrogen-bond donors (Lipinski definition) is 1. The highest BCUT2D eigenvalue weighted by atomic mass is 16.2. The normalized spacial score (nSPS) is 21.3. The lowest BCUT2D eigenvalue weighted by atomic mass is 9.79. The van der Waals surface area contributed by atoms with Gasteiger partial charge >= 0.3 is 6.03 Å². The Morgan fingerprint density at radius 2 is 1.79 bits per heavy atom. The molecule has 4 rings (SSSR count). The van der Waals surface area contributed by atoms with Crippen LogP contribution in [0.15, 0.2) is 48.0 Å². The lowest BCUT2D eigenvalue weighted by Gasteiger charge is -2.47. The van der Waals surface area contributed by atoms with Crippen molar-refractivity contribution in [1.82, 2.24) is 5.32 Å². The Hall–Kier alpha value is -3.41. The van der Waals surface area contributed by atoms with E-state index in [2.05, 4.69) is 50.0 Å². The number of nitrogens with one attached hydrogen (secondary N) is 1. The van der Waals surface area contributed by atoms with E-state index in [-0.39, 0.29) is 11.1 Å². The number of hydrogen-bond acceptors (Lipinski definition) is 4. The molecule has 0 saturated carbocycles. The summed E-state index contributed by atoms with van der Waals surface area (Å²) in [5, 5.41) is 2.33. The van der Waals surface area contributed by atoms with Gasteiger partial charge in [0, 0.05) is 17.8 Å². The second kappa shape index (κ2) is 8.50. The zero-order valence-electron chi connectivity index (χ0n) is 19.9. The van der Waals surface area contributed by atoms with Crippen molar-refractivity contribution in [3.8, 4) is 0 Å². The van der Waals surface area contributed by atoms with E-state index in [0.29, 0.717) is 18.0 Å². The second-order valence-corrected chi connectivity index (χ2v) is 9.42. The second-order valence-electron chi connectivity index (χ2n) is 9.42. The van der Waals surface area contributed by atoms with Crippen LogP contribution >= 0.6 is 0 Å². The van der Waals surface area contributed by atoms with E-state index in [1.165, 1.54) is 11.3 Å². The molecule has 0 unspecified atom stereocenters. The highest BCUT2D eigenvalue weighted by molar-refractivity contribution is 6.39. The summed E-state index contributed by atoms with van der Waals surface area (Å²) in [7, 11) is 0. The van der Waals surface area contributed by atoms with E-state index in [1.807, 2.05) is 25.1 Å². The maximum Gasteiger partial charge on any atom is 0.335 e. The molecule has 2 aromatic carbocycles. The molecule has 2 aliphatic heterocycles. The Labute approximate surface area is 195 Å². The summed E-state index contributed by atoms with van der Waals surface area (Å²) in [5.74, 6) is -0.925. The molecule has 1 atom stereocenters. The molecule has 1 N–H and O–H groups in total. The number of amides is 4. The van der Waals surface area contributed by atoms with Gasteiger partial charge in [-0.3, -0.25) is 14.9 Å². The molecule has 1 saturated heterocycles. The molecule has 172 valence electrons. The largest absolute Gasteiger partial charge is 0.366 e. The molecule has 2 aromatic rings. The molecule has 4 amide bonds. The number of para-hydroxylation sites is 1. The summed E-state index contributed by atoms with van der Waals surface area (Å²) in [5.41, 5.74) is 4.55. The van der Waals surface area contributed by atoms with Crippen molar-refractivity contribution in [2.45, 2.75) is 58.9 Å². The lowest BCUT2D eigenvalue weighted by molar-refractivity contribution is -0.122. The molecule has 2 aliphatic rings. The first kappa shape index (κ1) is 22.8. The van der Waals surface area contributed by atoms with Crippen LogP contribution in [0.2, 0.25) is 0 Å². The molecular formula is C27H31N3O3. The molecule has 0 aliphatic carbocycles. The lowest BCUT2D eigenvalue weighted by Crippen LogP contribution is -2.54. The SMILES string of the molecule is CCc1ccccc1N1C(=O)NC(=O)/C(=C\c2ccc3c(c2)[C@@H](C)CC(C)(C)N3CC)C1=O. The van der Waals surface area contributed by atoms with Crippen LogP contribution in [-0.2, 0) is 16.0 Å². The number of urea groups is 1. The van der Waals surface area contributed by atoms with Gasteiger partial charge in [0.2, 0.25) is 0 Å². The quantitative estimate of drug-likeness (QED) is 0.530. The number of nitrogens with zero attached hydrogens (tertiary/aromatic N) is 2. The van der Waals surface area contributed by atoms with Gasteiger partial charge in [0.15, 0.2) is 0 Å². The van der Waals surface area contributed by atoms with Crippen molar-refractivity contribution in [1.29, 1.82) is 0 Å². The van der Waals surface area contributed by atoms with Crippen LogP contribution in [0.4, 0.5) is 16.2 Å². The van der Waals surface area contributed by atoms with E-state index in [1.54, 1.807) is 18.2 Å². The first-order chi connectivity index (χ1) is 15.7. The van der Waals surface area contributed by atoms with E-state index in [9.17, 15) is 14.4 Å². The maximum atomic E-state index is 13.3. The molecule has 2 heterocycles. The Bertz CT molecular complexity index is 1160. The Morgan fingerprint density at radius 1 is 1.06 bits per heavy atom. The van der Waals surface area contributed by atoms with Gasteiger partial charge in [-0.05, 0) is 80.5 Å². The Balaban J connectivity index is 1.74. The number of carbonyl (C=O) groups is 3. The first-order valence-electron chi connectivity index (χ1n) is 11.6. The fourth-order valence-electron chi connectivity index (χ4n) is 5.27. The minimum atomic E-state index is -0.720. The van der Waals surface area contributed by atoms with Crippen LogP contribution in [0.1, 0.15) is 63.6 Å².